The van der Waals surface area contributed by atoms with E-state index in [4.69, 9.17) is 10.6 Å². The van der Waals surface area contributed by atoms with Crippen molar-refractivity contribution in [1.29, 1.82) is 0 Å². The predicted octanol–water partition coefficient (Wildman–Crippen LogP) is 3.44. The molecule has 0 aromatic heterocycles. The molecule has 0 bridgehead atoms. The van der Waals surface area contributed by atoms with Crippen LogP contribution in [-0.2, 0) is 0 Å². The Balaban J connectivity index is 0.000000141. The molecule has 0 aliphatic carbocycles. The highest BCUT2D eigenvalue weighted by molar-refractivity contribution is 5.58. The molecule has 0 unspecified atom stereocenters. The number of nitrogens with two attached hydrogens (primary N) is 1. The van der Waals surface area contributed by atoms with Crippen LogP contribution in [0.4, 0.5) is 5.69 Å². The molecule has 3 nitrogen and oxygen atoms in total. The van der Waals surface area contributed by atoms with Crippen molar-refractivity contribution in [2.75, 3.05) is 5.73 Å². The van der Waals surface area contributed by atoms with Gasteiger partial charge in [0, 0.05) is 17.5 Å². The molecule has 0 radical (unpaired) electrons. The summed E-state index contributed by atoms with van der Waals surface area (Å²) < 4.78 is 0. The van der Waals surface area contributed by atoms with Crippen molar-refractivity contribution in [3.05, 3.63) is 65.4 Å². The first-order valence-electron chi connectivity index (χ1n) is 6.17. The van der Waals surface area contributed by atoms with Gasteiger partial charge in [0.2, 0.25) is 0 Å². The number of anilines is 1. The first-order chi connectivity index (χ1) is 9.15. The monoisotopic (exact) mass is 254 g/mol. The molecule has 2 aromatic rings. The van der Waals surface area contributed by atoms with Crippen LogP contribution in [-0.4, -0.2) is 0 Å². The second-order valence-corrected chi connectivity index (χ2v) is 4.51. The Morgan fingerprint density at radius 1 is 1.00 bits per heavy atom. The van der Waals surface area contributed by atoms with Crippen molar-refractivity contribution in [2.24, 2.45) is 0 Å². The summed E-state index contributed by atoms with van der Waals surface area (Å²) >= 11 is 0. The Labute approximate surface area is 113 Å². The van der Waals surface area contributed by atoms with E-state index in [1.807, 2.05) is 56.3 Å². The number of rotatable bonds is 0. The molecule has 0 amide bonds. The van der Waals surface area contributed by atoms with Crippen molar-refractivity contribution in [2.45, 2.75) is 13.8 Å². The minimum absolute atomic E-state index is 0.854. The number of hydrogen-bond acceptors (Lipinski definition) is 3. The minimum atomic E-state index is 0.854. The second kappa shape index (κ2) is 5.96. The lowest BCUT2D eigenvalue weighted by Crippen LogP contribution is -2.13. The molecule has 0 saturated heterocycles. The molecule has 1 heterocycles. The van der Waals surface area contributed by atoms with Crippen molar-refractivity contribution in [3.63, 3.8) is 0 Å². The van der Waals surface area contributed by atoms with E-state index in [2.05, 4.69) is 11.5 Å². The maximum absolute atomic E-state index is 5.56. The summed E-state index contributed by atoms with van der Waals surface area (Å²) in [6.45, 7) is 4.09. The van der Waals surface area contributed by atoms with Crippen molar-refractivity contribution >= 4 is 11.8 Å². The van der Waals surface area contributed by atoms with Gasteiger partial charge in [-0.2, -0.15) is 0 Å². The molecule has 0 saturated carbocycles. The van der Waals surface area contributed by atoms with Crippen LogP contribution in [0.5, 0.6) is 5.75 Å². The third kappa shape index (κ3) is 3.78. The van der Waals surface area contributed by atoms with Gasteiger partial charge in [0.1, 0.15) is 0 Å². The predicted molar refractivity (Wildman–Crippen MR) is 79.6 cm³/mol. The van der Waals surface area contributed by atoms with Crippen LogP contribution in [0, 0.1) is 13.8 Å². The van der Waals surface area contributed by atoms with Gasteiger partial charge in [0.25, 0.3) is 0 Å². The molecule has 1 aliphatic rings. The van der Waals surface area contributed by atoms with E-state index in [1.165, 1.54) is 11.1 Å². The Morgan fingerprint density at radius 2 is 1.68 bits per heavy atom. The molecule has 0 fully saturated rings. The summed E-state index contributed by atoms with van der Waals surface area (Å²) in [6.07, 6.45) is 3.74. The quantitative estimate of drug-likeness (QED) is 0.708. The van der Waals surface area contributed by atoms with E-state index in [1.54, 1.807) is 6.20 Å². The van der Waals surface area contributed by atoms with Gasteiger partial charge in [0.05, 0.1) is 0 Å². The number of hydroxylamine groups is 1. The highest BCUT2D eigenvalue weighted by Crippen LogP contribution is 2.20. The normalized spacial score (nSPS) is 11.5. The van der Waals surface area contributed by atoms with Crippen LogP contribution in [0.3, 0.4) is 0 Å². The number of benzene rings is 2. The Bertz CT molecular complexity index is 541. The SMILES string of the molecule is C1=Cc2ccccc2ON1.Cc1cc(C)cc(N)c1. The first-order valence-corrected chi connectivity index (χ1v) is 6.17. The van der Waals surface area contributed by atoms with E-state index in [9.17, 15) is 0 Å². The summed E-state index contributed by atoms with van der Waals surface area (Å²) in [4.78, 5) is 5.09. The van der Waals surface area contributed by atoms with Gasteiger partial charge < -0.3 is 10.6 Å². The summed E-state index contributed by atoms with van der Waals surface area (Å²) in [5.41, 5.74) is 12.6. The molecule has 2 aromatic carbocycles. The van der Waals surface area contributed by atoms with E-state index >= 15 is 0 Å². The van der Waals surface area contributed by atoms with Crippen molar-refractivity contribution < 1.29 is 4.84 Å². The molecular formula is C16H18N2O. The van der Waals surface area contributed by atoms with E-state index < -0.39 is 0 Å². The van der Waals surface area contributed by atoms with Crippen LogP contribution in [0.1, 0.15) is 16.7 Å². The van der Waals surface area contributed by atoms with Gasteiger partial charge in [-0.25, -0.2) is 5.48 Å². The smallest absolute Gasteiger partial charge is 0.162 e. The zero-order valence-electron chi connectivity index (χ0n) is 11.2. The van der Waals surface area contributed by atoms with Crippen molar-refractivity contribution in [1.82, 2.24) is 5.48 Å². The number of aryl methyl sites for hydroxylation is 2. The summed E-state index contributed by atoms with van der Waals surface area (Å²) in [7, 11) is 0. The summed E-state index contributed by atoms with van der Waals surface area (Å²) in [5, 5.41) is 0. The van der Waals surface area contributed by atoms with Gasteiger partial charge in [-0.3, -0.25) is 0 Å². The number of hydrogen-bond donors (Lipinski definition) is 2. The van der Waals surface area contributed by atoms with Crippen LogP contribution in [0.15, 0.2) is 48.7 Å². The maximum Gasteiger partial charge on any atom is 0.162 e. The lowest BCUT2D eigenvalue weighted by atomic mass is 10.1. The lowest BCUT2D eigenvalue weighted by molar-refractivity contribution is 0.239. The fraction of sp³-hybridized carbons (Fsp3) is 0.125. The number of para-hydroxylation sites is 1. The number of nitrogen functional groups attached to an aromatic ring is 1. The molecule has 0 atom stereocenters. The topological polar surface area (TPSA) is 47.3 Å². The van der Waals surface area contributed by atoms with Gasteiger partial charge in [-0.15, -0.1) is 0 Å². The molecule has 3 N–H and O–H groups in total. The lowest BCUT2D eigenvalue weighted by Gasteiger charge is -2.11. The van der Waals surface area contributed by atoms with E-state index in [0.29, 0.717) is 0 Å². The zero-order valence-corrected chi connectivity index (χ0v) is 11.2. The third-order valence-electron chi connectivity index (χ3n) is 2.66. The summed E-state index contributed by atoms with van der Waals surface area (Å²) in [5.74, 6) is 0.880. The van der Waals surface area contributed by atoms with Gasteiger partial charge in [-0.1, -0.05) is 24.3 Å². The molecule has 3 heteroatoms. The van der Waals surface area contributed by atoms with Gasteiger partial charge in [0.15, 0.2) is 5.75 Å². The third-order valence-corrected chi connectivity index (χ3v) is 2.66. The Kier molecular flexibility index (Phi) is 4.08. The standard InChI is InChI=1S/C8H7NO.C8H11N/c1-2-4-8-7(3-1)5-6-9-10-8;1-6-3-7(2)5-8(9)4-6/h1-6,9H;3-5H,9H2,1-2H3. The van der Waals surface area contributed by atoms with E-state index in [0.717, 1.165) is 17.0 Å². The van der Waals surface area contributed by atoms with Crippen LogP contribution < -0.4 is 16.1 Å². The van der Waals surface area contributed by atoms with Gasteiger partial charge in [-0.05, 0) is 49.2 Å². The largest absolute Gasteiger partial charge is 0.399 e. The van der Waals surface area contributed by atoms with Crippen LogP contribution in [0.2, 0.25) is 0 Å². The number of fused-ring (bicyclic) bond motifs is 1. The Hall–Kier alpha value is -2.42. The second-order valence-electron chi connectivity index (χ2n) is 4.51. The first kappa shape index (κ1) is 13.0. The van der Waals surface area contributed by atoms with E-state index in [-0.39, 0.29) is 0 Å². The van der Waals surface area contributed by atoms with Crippen LogP contribution in [0.25, 0.3) is 6.08 Å². The van der Waals surface area contributed by atoms with Gasteiger partial charge >= 0.3 is 0 Å². The fourth-order valence-corrected chi connectivity index (χ4v) is 1.94. The highest BCUT2D eigenvalue weighted by Gasteiger charge is 2.01. The van der Waals surface area contributed by atoms with Crippen molar-refractivity contribution in [3.8, 4) is 5.75 Å². The summed E-state index contributed by atoms with van der Waals surface area (Å²) in [6, 6.07) is 13.9. The maximum atomic E-state index is 5.56. The molecule has 19 heavy (non-hydrogen) atoms. The Morgan fingerprint density at radius 3 is 2.32 bits per heavy atom. The average molecular weight is 254 g/mol. The fourth-order valence-electron chi connectivity index (χ4n) is 1.94. The highest BCUT2D eigenvalue weighted by atomic mass is 16.6. The zero-order chi connectivity index (χ0) is 13.7. The van der Waals surface area contributed by atoms with Crippen LogP contribution >= 0.6 is 0 Å². The molecule has 1 aliphatic heterocycles. The number of nitrogens with one attached hydrogen (secondary N) is 1. The molecule has 0 spiro atoms. The molecular weight excluding hydrogens is 236 g/mol. The minimum Gasteiger partial charge on any atom is -0.399 e. The molecule has 3 rings (SSSR count). The molecule has 98 valence electrons. The average Bonchev–Trinajstić information content (AvgIpc) is 2.38.